The fourth-order valence-corrected chi connectivity index (χ4v) is 2.44. The van der Waals surface area contributed by atoms with E-state index in [0.717, 1.165) is 0 Å². The number of rotatable bonds is 3. The highest BCUT2D eigenvalue weighted by Crippen LogP contribution is 2.39. The number of anilines is 2. The van der Waals surface area contributed by atoms with Gasteiger partial charge in [-0.3, -0.25) is 9.36 Å². The molecule has 2 heterocycles. The molecule has 110 valence electrons. The van der Waals surface area contributed by atoms with E-state index in [1.807, 2.05) is 0 Å². The largest absolute Gasteiger partial charge is 0.437 e. The molecule has 0 aliphatic heterocycles. The van der Waals surface area contributed by atoms with Crippen LogP contribution in [0.5, 0.6) is 0 Å². The molecule has 0 spiro atoms. The number of aromatic nitrogens is 4. The SMILES string of the molecule is CCn1cc(N(C)c2cn(C)nc2Br)c(C(F)(F)F)n1. The van der Waals surface area contributed by atoms with Crippen molar-refractivity contribution in [2.75, 3.05) is 11.9 Å². The molecule has 20 heavy (non-hydrogen) atoms. The van der Waals surface area contributed by atoms with Crippen molar-refractivity contribution >= 4 is 27.3 Å². The van der Waals surface area contributed by atoms with Crippen LogP contribution in [0.4, 0.5) is 24.5 Å². The molecule has 5 nitrogen and oxygen atoms in total. The zero-order valence-electron chi connectivity index (χ0n) is 11.1. The molecular formula is C11H13BrF3N5. The second-order valence-electron chi connectivity index (χ2n) is 4.25. The molecule has 0 fully saturated rings. The van der Waals surface area contributed by atoms with Crippen LogP contribution in [0.25, 0.3) is 0 Å². The third-order valence-electron chi connectivity index (χ3n) is 2.82. The zero-order chi connectivity index (χ0) is 15.1. The van der Waals surface area contributed by atoms with E-state index in [9.17, 15) is 13.2 Å². The Morgan fingerprint density at radius 1 is 1.25 bits per heavy atom. The molecule has 0 N–H and O–H groups in total. The van der Waals surface area contributed by atoms with E-state index >= 15 is 0 Å². The van der Waals surface area contributed by atoms with Crippen molar-refractivity contribution in [2.24, 2.45) is 7.05 Å². The lowest BCUT2D eigenvalue weighted by Gasteiger charge is -2.18. The first kappa shape index (κ1) is 14.9. The minimum Gasteiger partial charge on any atom is -0.338 e. The first-order valence-electron chi connectivity index (χ1n) is 5.81. The molecule has 0 aliphatic rings. The van der Waals surface area contributed by atoms with Gasteiger partial charge < -0.3 is 4.90 Å². The summed E-state index contributed by atoms with van der Waals surface area (Å²) in [6.07, 6.45) is -1.49. The summed E-state index contributed by atoms with van der Waals surface area (Å²) in [6.45, 7) is 2.10. The van der Waals surface area contributed by atoms with Crippen LogP contribution in [0.15, 0.2) is 17.0 Å². The first-order valence-corrected chi connectivity index (χ1v) is 6.60. The Morgan fingerprint density at radius 3 is 2.35 bits per heavy atom. The molecule has 0 amide bonds. The standard InChI is InChI=1S/C11H13BrF3N5/c1-4-20-6-7(9(16-20)11(13,14)15)19(3)8-5-18(2)17-10(8)12/h5-6H,4H2,1-3H3. The second kappa shape index (κ2) is 5.12. The van der Waals surface area contributed by atoms with E-state index in [1.54, 1.807) is 27.2 Å². The monoisotopic (exact) mass is 351 g/mol. The highest BCUT2D eigenvalue weighted by Gasteiger charge is 2.38. The van der Waals surface area contributed by atoms with E-state index in [2.05, 4.69) is 26.1 Å². The van der Waals surface area contributed by atoms with Crippen LogP contribution in [0.3, 0.4) is 0 Å². The molecule has 0 aliphatic carbocycles. The molecule has 2 rings (SSSR count). The number of halogens is 4. The van der Waals surface area contributed by atoms with Crippen molar-refractivity contribution in [1.29, 1.82) is 0 Å². The van der Waals surface area contributed by atoms with Crippen LogP contribution in [-0.4, -0.2) is 26.6 Å². The Hall–Kier alpha value is -1.51. The molecule has 0 radical (unpaired) electrons. The number of hydrogen-bond acceptors (Lipinski definition) is 3. The fourth-order valence-electron chi connectivity index (χ4n) is 1.82. The highest BCUT2D eigenvalue weighted by molar-refractivity contribution is 9.10. The molecule has 0 saturated carbocycles. The van der Waals surface area contributed by atoms with Gasteiger partial charge in [0.2, 0.25) is 0 Å². The third-order valence-corrected chi connectivity index (χ3v) is 3.39. The van der Waals surface area contributed by atoms with Crippen LogP contribution in [0.1, 0.15) is 12.6 Å². The van der Waals surface area contributed by atoms with Crippen LogP contribution in [-0.2, 0) is 19.8 Å². The molecule has 0 bridgehead atoms. The second-order valence-corrected chi connectivity index (χ2v) is 5.01. The summed E-state index contributed by atoms with van der Waals surface area (Å²) < 4.78 is 42.4. The van der Waals surface area contributed by atoms with Gasteiger partial charge >= 0.3 is 6.18 Å². The van der Waals surface area contributed by atoms with E-state index < -0.39 is 11.9 Å². The van der Waals surface area contributed by atoms with E-state index in [4.69, 9.17) is 0 Å². The lowest BCUT2D eigenvalue weighted by Crippen LogP contribution is -2.15. The maximum atomic E-state index is 13.0. The predicted molar refractivity (Wildman–Crippen MR) is 71.9 cm³/mol. The topological polar surface area (TPSA) is 38.9 Å². The summed E-state index contributed by atoms with van der Waals surface area (Å²) in [7, 11) is 3.25. The van der Waals surface area contributed by atoms with Crippen molar-refractivity contribution < 1.29 is 13.2 Å². The van der Waals surface area contributed by atoms with Gasteiger partial charge in [0.25, 0.3) is 0 Å². The summed E-state index contributed by atoms with van der Waals surface area (Å²) in [5.41, 5.74) is -0.376. The summed E-state index contributed by atoms with van der Waals surface area (Å²) in [4.78, 5) is 1.42. The summed E-state index contributed by atoms with van der Waals surface area (Å²) in [5.74, 6) is 0. The molecule has 0 saturated heterocycles. The molecule has 0 aromatic carbocycles. The lowest BCUT2D eigenvalue weighted by atomic mass is 10.3. The molecule has 0 atom stereocenters. The fraction of sp³-hybridized carbons (Fsp3) is 0.455. The van der Waals surface area contributed by atoms with Crippen molar-refractivity contribution in [1.82, 2.24) is 19.6 Å². The van der Waals surface area contributed by atoms with Crippen molar-refractivity contribution in [2.45, 2.75) is 19.6 Å². The molecule has 9 heteroatoms. The number of alkyl halides is 3. The Bertz CT molecular complexity index is 616. The van der Waals surface area contributed by atoms with Gasteiger partial charge in [-0.1, -0.05) is 0 Å². The van der Waals surface area contributed by atoms with Crippen molar-refractivity contribution in [3.8, 4) is 0 Å². The van der Waals surface area contributed by atoms with Crippen LogP contribution in [0, 0.1) is 0 Å². The average molecular weight is 352 g/mol. The first-order chi connectivity index (χ1) is 9.24. The smallest absolute Gasteiger partial charge is 0.338 e. The van der Waals surface area contributed by atoms with Gasteiger partial charge in [0.1, 0.15) is 0 Å². The average Bonchev–Trinajstić information content (AvgIpc) is 2.91. The molecular weight excluding hydrogens is 339 g/mol. The quantitative estimate of drug-likeness (QED) is 0.852. The normalized spacial score (nSPS) is 11.9. The third kappa shape index (κ3) is 2.67. The van der Waals surface area contributed by atoms with E-state index in [0.29, 0.717) is 16.8 Å². The maximum Gasteiger partial charge on any atom is 0.437 e. The Labute approximate surface area is 122 Å². The van der Waals surface area contributed by atoms with E-state index in [-0.39, 0.29) is 5.69 Å². The number of nitrogens with zero attached hydrogens (tertiary/aromatic N) is 5. The van der Waals surface area contributed by atoms with Crippen molar-refractivity contribution in [3.05, 3.63) is 22.7 Å². The predicted octanol–water partition coefficient (Wildman–Crippen LogP) is 3.19. The number of hydrogen-bond donors (Lipinski definition) is 0. The van der Waals surface area contributed by atoms with Gasteiger partial charge in [-0.15, -0.1) is 0 Å². The van der Waals surface area contributed by atoms with Gasteiger partial charge in [0.05, 0.1) is 11.4 Å². The Balaban J connectivity index is 2.51. The van der Waals surface area contributed by atoms with Gasteiger partial charge in [0.15, 0.2) is 10.3 Å². The lowest BCUT2D eigenvalue weighted by molar-refractivity contribution is -0.141. The van der Waals surface area contributed by atoms with Gasteiger partial charge in [0, 0.05) is 33.0 Å². The maximum absolute atomic E-state index is 13.0. The van der Waals surface area contributed by atoms with Gasteiger partial charge in [-0.2, -0.15) is 23.4 Å². The Morgan fingerprint density at radius 2 is 1.90 bits per heavy atom. The highest BCUT2D eigenvalue weighted by atomic mass is 79.9. The van der Waals surface area contributed by atoms with Gasteiger partial charge in [-0.05, 0) is 22.9 Å². The van der Waals surface area contributed by atoms with Crippen LogP contribution < -0.4 is 4.90 Å². The van der Waals surface area contributed by atoms with Crippen LogP contribution in [0.2, 0.25) is 0 Å². The van der Waals surface area contributed by atoms with E-state index in [1.165, 1.54) is 20.5 Å². The summed E-state index contributed by atoms with van der Waals surface area (Å²) in [5, 5.41) is 7.65. The molecule has 0 unspecified atom stereocenters. The van der Waals surface area contributed by atoms with Crippen molar-refractivity contribution in [3.63, 3.8) is 0 Å². The Kier molecular flexibility index (Phi) is 3.81. The molecule has 2 aromatic rings. The molecule has 2 aromatic heterocycles. The number of aryl methyl sites for hydroxylation is 2. The van der Waals surface area contributed by atoms with Crippen LogP contribution >= 0.6 is 15.9 Å². The summed E-state index contributed by atoms with van der Waals surface area (Å²) in [6, 6.07) is 0. The summed E-state index contributed by atoms with van der Waals surface area (Å²) >= 11 is 3.23. The zero-order valence-corrected chi connectivity index (χ0v) is 12.7. The minimum atomic E-state index is -4.50. The minimum absolute atomic E-state index is 0.00644. The van der Waals surface area contributed by atoms with Gasteiger partial charge in [-0.25, -0.2) is 0 Å².